The van der Waals surface area contributed by atoms with Crippen LogP contribution in [0.3, 0.4) is 0 Å². The van der Waals surface area contributed by atoms with E-state index >= 15 is 0 Å². The Balaban J connectivity index is 1.66. The summed E-state index contributed by atoms with van der Waals surface area (Å²) in [6, 6.07) is 15.4. The molecule has 0 saturated heterocycles. The second kappa shape index (κ2) is 7.08. The Bertz CT molecular complexity index is 844. The van der Waals surface area contributed by atoms with Gasteiger partial charge >= 0.3 is 0 Å². The normalized spacial score (nSPS) is 10.6. The average Bonchev–Trinajstić information content (AvgIpc) is 2.96. The van der Waals surface area contributed by atoms with Crippen molar-refractivity contribution in [2.75, 3.05) is 6.54 Å². The van der Waals surface area contributed by atoms with Crippen LogP contribution >= 0.6 is 0 Å². The van der Waals surface area contributed by atoms with E-state index in [0.29, 0.717) is 24.4 Å². The molecular weight excluding hydrogens is 307 g/mol. The summed E-state index contributed by atoms with van der Waals surface area (Å²) in [5.41, 5.74) is 2.06. The molecule has 0 aliphatic rings. The first-order valence-corrected chi connectivity index (χ1v) is 7.69. The molecule has 1 N–H and O–H groups in total. The number of benzene rings is 2. The maximum atomic E-state index is 13.2. The van der Waals surface area contributed by atoms with Gasteiger partial charge < -0.3 is 9.73 Å². The minimum atomic E-state index is -0.431. The van der Waals surface area contributed by atoms with Gasteiger partial charge in [0.2, 0.25) is 0 Å². The lowest BCUT2D eigenvalue weighted by molar-refractivity contribution is 0.0953. The molecule has 0 aliphatic heterocycles. The van der Waals surface area contributed by atoms with E-state index in [0.717, 1.165) is 17.0 Å². The standard InChI is InChI=1S/C19H17FN2O2/c1-13-22-18(14-6-3-2-4-7-14)17(24-13)10-11-21-19(23)15-8-5-9-16(20)12-15/h2-9,12H,10-11H2,1H3,(H,21,23). The van der Waals surface area contributed by atoms with Gasteiger partial charge in [-0.1, -0.05) is 36.4 Å². The lowest BCUT2D eigenvalue weighted by Crippen LogP contribution is -2.25. The number of hydrogen-bond acceptors (Lipinski definition) is 3. The molecule has 0 bridgehead atoms. The number of oxazole rings is 1. The number of nitrogens with zero attached hydrogens (tertiary/aromatic N) is 1. The van der Waals surface area contributed by atoms with Crippen molar-refractivity contribution < 1.29 is 13.6 Å². The molecule has 24 heavy (non-hydrogen) atoms. The van der Waals surface area contributed by atoms with Crippen LogP contribution in [0.2, 0.25) is 0 Å². The zero-order chi connectivity index (χ0) is 16.9. The molecule has 0 saturated carbocycles. The van der Waals surface area contributed by atoms with Gasteiger partial charge in [-0.2, -0.15) is 0 Å². The van der Waals surface area contributed by atoms with Gasteiger partial charge in [-0.05, 0) is 18.2 Å². The highest BCUT2D eigenvalue weighted by molar-refractivity contribution is 5.94. The Morgan fingerprint density at radius 2 is 1.96 bits per heavy atom. The summed E-state index contributed by atoms with van der Waals surface area (Å²) in [6.45, 7) is 2.17. The Labute approximate surface area is 139 Å². The minimum absolute atomic E-state index is 0.298. The fourth-order valence-electron chi connectivity index (χ4n) is 2.48. The highest BCUT2D eigenvalue weighted by atomic mass is 19.1. The second-order valence-electron chi connectivity index (χ2n) is 5.39. The van der Waals surface area contributed by atoms with E-state index in [1.54, 1.807) is 13.0 Å². The maximum absolute atomic E-state index is 13.2. The molecule has 5 heteroatoms. The number of aryl methyl sites for hydroxylation is 1. The quantitative estimate of drug-likeness (QED) is 0.777. The summed E-state index contributed by atoms with van der Waals surface area (Å²) in [5, 5.41) is 2.77. The van der Waals surface area contributed by atoms with E-state index in [2.05, 4.69) is 10.3 Å². The third kappa shape index (κ3) is 3.68. The van der Waals surface area contributed by atoms with Gasteiger partial charge in [0.05, 0.1) is 0 Å². The van der Waals surface area contributed by atoms with E-state index in [4.69, 9.17) is 4.42 Å². The molecular formula is C19H17FN2O2. The molecule has 1 amide bonds. The molecule has 0 unspecified atom stereocenters. The summed E-state index contributed by atoms with van der Waals surface area (Å²) < 4.78 is 18.8. The topological polar surface area (TPSA) is 55.1 Å². The molecule has 0 atom stereocenters. The number of halogens is 1. The van der Waals surface area contributed by atoms with Crippen LogP contribution in [0.5, 0.6) is 0 Å². The van der Waals surface area contributed by atoms with Crippen LogP contribution in [0.25, 0.3) is 11.3 Å². The number of aromatic nitrogens is 1. The van der Waals surface area contributed by atoms with Crippen LogP contribution in [-0.2, 0) is 6.42 Å². The van der Waals surface area contributed by atoms with Crippen molar-refractivity contribution in [1.29, 1.82) is 0 Å². The van der Waals surface area contributed by atoms with Crippen molar-refractivity contribution in [1.82, 2.24) is 10.3 Å². The zero-order valence-electron chi connectivity index (χ0n) is 13.3. The predicted octanol–water partition coefficient (Wildman–Crippen LogP) is 3.76. The van der Waals surface area contributed by atoms with Crippen LogP contribution in [0.4, 0.5) is 4.39 Å². The van der Waals surface area contributed by atoms with Gasteiger partial charge in [0.1, 0.15) is 17.3 Å². The minimum Gasteiger partial charge on any atom is -0.445 e. The Morgan fingerprint density at radius 3 is 2.71 bits per heavy atom. The van der Waals surface area contributed by atoms with Crippen molar-refractivity contribution in [3.63, 3.8) is 0 Å². The largest absolute Gasteiger partial charge is 0.445 e. The van der Waals surface area contributed by atoms with Crippen LogP contribution in [0, 0.1) is 12.7 Å². The molecule has 3 aromatic rings. The second-order valence-corrected chi connectivity index (χ2v) is 5.39. The van der Waals surface area contributed by atoms with Crippen LogP contribution in [-0.4, -0.2) is 17.4 Å². The fraction of sp³-hybridized carbons (Fsp3) is 0.158. The van der Waals surface area contributed by atoms with Gasteiger partial charge in [0.15, 0.2) is 5.89 Å². The summed E-state index contributed by atoms with van der Waals surface area (Å²) in [6.07, 6.45) is 0.506. The van der Waals surface area contributed by atoms with E-state index in [-0.39, 0.29) is 5.91 Å². The highest BCUT2D eigenvalue weighted by Crippen LogP contribution is 2.23. The maximum Gasteiger partial charge on any atom is 0.251 e. The number of nitrogens with one attached hydrogen (secondary N) is 1. The van der Waals surface area contributed by atoms with Gasteiger partial charge in [0, 0.05) is 31.0 Å². The van der Waals surface area contributed by atoms with Crippen molar-refractivity contribution in [2.24, 2.45) is 0 Å². The predicted molar refractivity (Wildman–Crippen MR) is 89.1 cm³/mol. The molecule has 122 valence electrons. The van der Waals surface area contributed by atoms with E-state index < -0.39 is 5.82 Å². The lowest BCUT2D eigenvalue weighted by Gasteiger charge is -2.05. The molecule has 0 fully saturated rings. The highest BCUT2D eigenvalue weighted by Gasteiger charge is 2.13. The van der Waals surface area contributed by atoms with Gasteiger partial charge in [-0.15, -0.1) is 0 Å². The molecule has 0 radical (unpaired) electrons. The van der Waals surface area contributed by atoms with Crippen molar-refractivity contribution in [3.8, 4) is 11.3 Å². The molecule has 4 nitrogen and oxygen atoms in total. The first-order valence-electron chi connectivity index (χ1n) is 7.69. The lowest BCUT2D eigenvalue weighted by atomic mass is 10.1. The smallest absolute Gasteiger partial charge is 0.251 e. The summed E-state index contributed by atoms with van der Waals surface area (Å²) in [5.74, 6) is 0.561. The molecule has 2 aromatic carbocycles. The van der Waals surface area contributed by atoms with Crippen LogP contribution in [0.15, 0.2) is 59.0 Å². The Hall–Kier alpha value is -2.95. The summed E-state index contributed by atoms with van der Waals surface area (Å²) in [4.78, 5) is 16.4. The molecule has 1 aromatic heterocycles. The van der Waals surface area contributed by atoms with E-state index in [9.17, 15) is 9.18 Å². The number of amides is 1. The monoisotopic (exact) mass is 324 g/mol. The van der Waals surface area contributed by atoms with Gasteiger partial charge in [-0.25, -0.2) is 9.37 Å². The molecule has 3 rings (SSSR count). The third-order valence-electron chi connectivity index (χ3n) is 3.58. The SMILES string of the molecule is Cc1nc(-c2ccccc2)c(CCNC(=O)c2cccc(F)c2)o1. The Morgan fingerprint density at radius 1 is 1.17 bits per heavy atom. The van der Waals surface area contributed by atoms with E-state index in [1.807, 2.05) is 30.3 Å². The first-order chi connectivity index (χ1) is 11.6. The average molecular weight is 324 g/mol. The van der Waals surface area contributed by atoms with Crippen molar-refractivity contribution in [3.05, 3.63) is 77.6 Å². The zero-order valence-corrected chi connectivity index (χ0v) is 13.3. The number of rotatable bonds is 5. The van der Waals surface area contributed by atoms with Crippen LogP contribution in [0.1, 0.15) is 22.0 Å². The van der Waals surface area contributed by atoms with Crippen molar-refractivity contribution in [2.45, 2.75) is 13.3 Å². The molecule has 1 heterocycles. The summed E-state index contributed by atoms with van der Waals surface area (Å²) in [7, 11) is 0. The number of carbonyl (C=O) groups is 1. The van der Waals surface area contributed by atoms with Crippen LogP contribution < -0.4 is 5.32 Å². The Kier molecular flexibility index (Phi) is 4.70. The van der Waals surface area contributed by atoms with Gasteiger partial charge in [-0.3, -0.25) is 4.79 Å². The van der Waals surface area contributed by atoms with E-state index in [1.165, 1.54) is 18.2 Å². The molecule has 0 spiro atoms. The summed E-state index contributed by atoms with van der Waals surface area (Å²) >= 11 is 0. The number of carbonyl (C=O) groups excluding carboxylic acids is 1. The first kappa shape index (κ1) is 15.9. The van der Waals surface area contributed by atoms with Gasteiger partial charge in [0.25, 0.3) is 5.91 Å². The fourth-order valence-corrected chi connectivity index (χ4v) is 2.48. The number of hydrogen-bond donors (Lipinski definition) is 1. The third-order valence-corrected chi connectivity index (χ3v) is 3.58. The molecule has 0 aliphatic carbocycles. The van der Waals surface area contributed by atoms with Crippen molar-refractivity contribution >= 4 is 5.91 Å².